The van der Waals surface area contributed by atoms with Crippen LogP contribution < -0.4 is 15.7 Å². The number of anilines is 1. The Morgan fingerprint density at radius 3 is 2.70 bits per heavy atom. The summed E-state index contributed by atoms with van der Waals surface area (Å²) in [4.78, 5) is 51.3. The molecule has 4 aromatic rings. The van der Waals surface area contributed by atoms with Gasteiger partial charge in [-0.1, -0.05) is 43.1 Å². The molecule has 1 N–H and O–H groups in total. The van der Waals surface area contributed by atoms with Gasteiger partial charge in [0.25, 0.3) is 5.91 Å². The van der Waals surface area contributed by atoms with E-state index < -0.39 is 23.5 Å². The number of hydrogen-bond acceptors (Lipinski definition) is 8. The summed E-state index contributed by atoms with van der Waals surface area (Å²) < 4.78 is 10.6. The molecule has 1 fully saturated rings. The van der Waals surface area contributed by atoms with Crippen molar-refractivity contribution in [2.45, 2.75) is 51.7 Å². The zero-order chi connectivity index (χ0) is 30.2. The molecule has 10 heteroatoms. The molecule has 2 aromatic heterocycles. The van der Waals surface area contributed by atoms with Crippen molar-refractivity contribution in [3.8, 4) is 5.75 Å². The molecule has 1 saturated heterocycles. The predicted molar refractivity (Wildman–Crippen MR) is 163 cm³/mol. The number of rotatable bonds is 11. The van der Waals surface area contributed by atoms with Gasteiger partial charge >= 0.3 is 5.63 Å². The lowest BCUT2D eigenvalue weighted by molar-refractivity contribution is -0.119. The summed E-state index contributed by atoms with van der Waals surface area (Å²) in [7, 11) is 1.60. The average Bonchev–Trinajstić information content (AvgIpc) is 3.46. The van der Waals surface area contributed by atoms with E-state index >= 15 is 0 Å². The van der Waals surface area contributed by atoms with E-state index in [1.165, 1.54) is 11.0 Å². The summed E-state index contributed by atoms with van der Waals surface area (Å²) in [6.07, 6.45) is 5.43. The monoisotopic (exact) mass is 582 g/mol. The molecule has 2 amide bonds. The van der Waals surface area contributed by atoms with Crippen molar-refractivity contribution in [2.24, 2.45) is 5.16 Å². The maximum absolute atomic E-state index is 13.7. The van der Waals surface area contributed by atoms with E-state index in [-0.39, 0.29) is 25.1 Å². The number of amides is 2. The third-order valence-corrected chi connectivity index (χ3v) is 7.31. The Kier molecular flexibility index (Phi) is 9.46. The average molecular weight is 583 g/mol. The van der Waals surface area contributed by atoms with Crippen LogP contribution in [0.1, 0.15) is 54.3 Å². The van der Waals surface area contributed by atoms with E-state index in [9.17, 15) is 14.4 Å². The van der Waals surface area contributed by atoms with Crippen molar-refractivity contribution in [3.63, 3.8) is 0 Å². The van der Waals surface area contributed by atoms with Gasteiger partial charge in [0, 0.05) is 30.1 Å². The predicted octanol–water partition coefficient (Wildman–Crippen LogP) is 5.36. The molecule has 0 bridgehead atoms. The molecule has 0 unspecified atom stereocenters. The van der Waals surface area contributed by atoms with E-state index in [1.54, 1.807) is 25.4 Å². The molecule has 3 heterocycles. The summed E-state index contributed by atoms with van der Waals surface area (Å²) in [5.41, 5.74) is 1.90. The van der Waals surface area contributed by atoms with Gasteiger partial charge in [0.05, 0.1) is 24.9 Å². The summed E-state index contributed by atoms with van der Waals surface area (Å²) >= 11 is 0. The van der Waals surface area contributed by atoms with Crippen molar-refractivity contribution in [3.05, 3.63) is 100 Å². The second-order valence-corrected chi connectivity index (χ2v) is 10.4. The third-order valence-electron chi connectivity index (χ3n) is 7.31. The topological polar surface area (TPSA) is 123 Å². The third kappa shape index (κ3) is 7.27. The van der Waals surface area contributed by atoms with Gasteiger partial charge in [-0.25, -0.2) is 4.79 Å². The van der Waals surface area contributed by atoms with Gasteiger partial charge in [-0.15, -0.1) is 0 Å². The van der Waals surface area contributed by atoms with Gasteiger partial charge in [-0.05, 0) is 60.5 Å². The number of ether oxygens (including phenoxy) is 1. The number of unbranched alkanes of at least 4 members (excludes halogenated alkanes) is 2. The first-order valence-corrected chi connectivity index (χ1v) is 14.4. The summed E-state index contributed by atoms with van der Waals surface area (Å²) in [5, 5.41) is 8.02. The number of methoxy groups -OCH3 is 1. The largest absolute Gasteiger partial charge is 0.497 e. The fraction of sp³-hybridized carbons (Fsp3) is 0.303. The molecule has 43 heavy (non-hydrogen) atoms. The number of carbonyl (C=O) groups is 2. The number of nitrogens with zero attached hydrogens (tertiary/aromatic N) is 3. The minimum atomic E-state index is -0.913. The first kappa shape index (κ1) is 29.5. The highest BCUT2D eigenvalue weighted by molar-refractivity contribution is 6.08. The number of pyridine rings is 1. The summed E-state index contributed by atoms with van der Waals surface area (Å²) in [5.74, 6) is 0.260. The van der Waals surface area contributed by atoms with Crippen molar-refractivity contribution in [1.82, 2.24) is 9.88 Å². The van der Waals surface area contributed by atoms with Crippen molar-refractivity contribution < 1.29 is 23.6 Å². The van der Waals surface area contributed by atoms with Crippen LogP contribution in [0.2, 0.25) is 0 Å². The number of fused-ring (bicyclic) bond motifs is 1. The first-order valence-electron chi connectivity index (χ1n) is 14.4. The molecule has 0 aliphatic carbocycles. The van der Waals surface area contributed by atoms with Gasteiger partial charge < -0.3 is 24.2 Å². The van der Waals surface area contributed by atoms with Crippen LogP contribution in [0, 0.1) is 0 Å². The normalized spacial score (nSPS) is 15.5. The van der Waals surface area contributed by atoms with E-state index in [2.05, 4.69) is 22.4 Å². The minimum absolute atomic E-state index is 0.0267. The molecule has 10 nitrogen and oxygen atoms in total. The fourth-order valence-electron chi connectivity index (χ4n) is 4.97. The Morgan fingerprint density at radius 2 is 1.93 bits per heavy atom. The molecule has 0 saturated carbocycles. The number of oxime groups is 1. The van der Waals surface area contributed by atoms with E-state index in [4.69, 9.17) is 14.0 Å². The Bertz CT molecular complexity index is 1680. The summed E-state index contributed by atoms with van der Waals surface area (Å²) in [6.45, 7) is 2.32. The van der Waals surface area contributed by atoms with Crippen LogP contribution in [0.5, 0.6) is 5.75 Å². The van der Waals surface area contributed by atoms with Crippen LogP contribution in [0.3, 0.4) is 0 Å². The zero-order valence-electron chi connectivity index (χ0n) is 24.2. The lowest BCUT2D eigenvalue weighted by Crippen LogP contribution is -2.44. The van der Waals surface area contributed by atoms with Crippen LogP contribution in [-0.2, 0) is 22.7 Å². The van der Waals surface area contributed by atoms with Crippen molar-refractivity contribution in [2.75, 3.05) is 19.0 Å². The van der Waals surface area contributed by atoms with Gasteiger partial charge in [-0.2, -0.15) is 0 Å². The lowest BCUT2D eigenvalue weighted by atomic mass is 10.1. The maximum Gasteiger partial charge on any atom is 0.348 e. The molecular formula is C33H34N4O6. The lowest BCUT2D eigenvalue weighted by Gasteiger charge is -2.23. The van der Waals surface area contributed by atoms with E-state index in [0.717, 1.165) is 41.5 Å². The van der Waals surface area contributed by atoms with E-state index in [0.29, 0.717) is 23.6 Å². The number of hydrogen-bond donors (Lipinski definition) is 1. The second kappa shape index (κ2) is 13.8. The smallest absolute Gasteiger partial charge is 0.348 e. The Balaban J connectivity index is 1.35. The number of aromatic nitrogens is 1. The van der Waals surface area contributed by atoms with Gasteiger partial charge in [-0.3, -0.25) is 14.6 Å². The molecular weight excluding hydrogens is 548 g/mol. The molecule has 0 spiro atoms. The number of likely N-dealkylation sites (tertiary alicyclic amines) is 1. The highest BCUT2D eigenvalue weighted by Gasteiger charge is 2.39. The van der Waals surface area contributed by atoms with Crippen LogP contribution >= 0.6 is 0 Å². The van der Waals surface area contributed by atoms with Gasteiger partial charge in [0.15, 0.2) is 0 Å². The number of aryl methyl sites for hydroxylation is 1. The standard InChI is InChI=1S/C33H34N4O6/c1-3-4-5-8-27-14-15-28(33(40)43-27)32(39)37-20-25(36-42-21-22-9-12-26(41-2)13-10-22)19-30(37)31(38)35-24-11-16-29-23(18-24)7-6-17-34-29/h6-7,9-18,30H,3-5,8,19-21H2,1-2H3,(H,35,38)/t30-/m0/s1. The minimum Gasteiger partial charge on any atom is -0.497 e. The summed E-state index contributed by atoms with van der Waals surface area (Å²) in [6, 6.07) is 18.7. The zero-order valence-corrected chi connectivity index (χ0v) is 24.2. The SMILES string of the molecule is CCCCCc1ccc(C(=O)N2CC(=NOCc3ccc(OC)cc3)C[C@H]2C(=O)Nc2ccc3ncccc3c2)c(=O)o1. The highest BCUT2D eigenvalue weighted by atomic mass is 16.6. The highest BCUT2D eigenvalue weighted by Crippen LogP contribution is 2.23. The number of benzene rings is 2. The molecule has 1 aliphatic rings. The molecule has 1 atom stereocenters. The first-order chi connectivity index (χ1) is 20.9. The van der Waals surface area contributed by atoms with Crippen LogP contribution in [0.15, 0.2) is 87.3 Å². The fourth-order valence-corrected chi connectivity index (χ4v) is 4.97. The molecule has 1 aliphatic heterocycles. The molecule has 2 aromatic carbocycles. The van der Waals surface area contributed by atoms with Crippen LogP contribution in [0.4, 0.5) is 5.69 Å². The van der Waals surface area contributed by atoms with Crippen molar-refractivity contribution in [1.29, 1.82) is 0 Å². The maximum atomic E-state index is 13.7. The van der Waals surface area contributed by atoms with E-state index in [1.807, 2.05) is 48.5 Å². The number of carbonyl (C=O) groups excluding carboxylic acids is 2. The molecule has 0 radical (unpaired) electrons. The van der Waals surface area contributed by atoms with Crippen LogP contribution in [0.25, 0.3) is 10.9 Å². The van der Waals surface area contributed by atoms with Crippen molar-refractivity contribution >= 4 is 34.1 Å². The molecule has 5 rings (SSSR count). The van der Waals surface area contributed by atoms with Gasteiger partial charge in [0.1, 0.15) is 29.7 Å². The quantitative estimate of drug-likeness (QED) is 0.187. The van der Waals surface area contributed by atoms with Crippen LogP contribution in [-0.4, -0.2) is 47.1 Å². The Morgan fingerprint density at radius 1 is 1.09 bits per heavy atom. The second-order valence-electron chi connectivity index (χ2n) is 10.4. The van der Waals surface area contributed by atoms with Gasteiger partial charge in [0.2, 0.25) is 5.91 Å². The Hall–Kier alpha value is -4.99. The Labute approximate surface area is 249 Å². The molecule has 222 valence electrons. The number of nitrogens with one attached hydrogen (secondary N) is 1.